The molecule has 0 bridgehead atoms. The Kier molecular flexibility index (Phi) is 3.43. The van der Waals surface area contributed by atoms with Crippen molar-refractivity contribution in [2.45, 2.75) is 18.2 Å². The summed E-state index contributed by atoms with van der Waals surface area (Å²) in [6.45, 7) is 2.04. The zero-order valence-corrected chi connectivity index (χ0v) is 10.9. The van der Waals surface area contributed by atoms with Crippen LogP contribution < -0.4 is 0 Å². The highest BCUT2D eigenvalue weighted by molar-refractivity contribution is 7.98. The van der Waals surface area contributed by atoms with Crippen molar-refractivity contribution in [2.75, 3.05) is 13.4 Å². The fourth-order valence-electron chi connectivity index (χ4n) is 1.78. The second-order valence-electron chi connectivity index (χ2n) is 3.81. The quantitative estimate of drug-likeness (QED) is 0.619. The number of esters is 1. The van der Waals surface area contributed by atoms with Crippen LogP contribution in [0.4, 0.5) is 0 Å². The summed E-state index contributed by atoms with van der Waals surface area (Å²) in [6, 6.07) is 6.01. The van der Waals surface area contributed by atoms with Gasteiger partial charge in [-0.2, -0.15) is 0 Å². The number of rotatable bonds is 3. The lowest BCUT2D eigenvalue weighted by molar-refractivity contribution is -0.140. The fraction of sp³-hybridized carbons (Fsp3) is 0.308. The predicted molar refractivity (Wildman–Crippen MR) is 68.5 cm³/mol. The first kappa shape index (κ1) is 12.0. The van der Waals surface area contributed by atoms with E-state index in [9.17, 15) is 4.79 Å². The smallest absolute Gasteiger partial charge is 0.313 e. The molecular formula is C13H14O3S. The van der Waals surface area contributed by atoms with Gasteiger partial charge in [0.1, 0.15) is 17.8 Å². The number of carbonyl (C=O) groups excluding carboxylic acids is 1. The van der Waals surface area contributed by atoms with Gasteiger partial charge in [0, 0.05) is 5.39 Å². The first-order valence-corrected chi connectivity index (χ1v) is 6.51. The van der Waals surface area contributed by atoms with Crippen LogP contribution in [0.3, 0.4) is 0 Å². The van der Waals surface area contributed by atoms with Gasteiger partial charge >= 0.3 is 5.97 Å². The average molecular weight is 250 g/mol. The maximum absolute atomic E-state index is 11.3. The lowest BCUT2D eigenvalue weighted by Gasteiger charge is -1.98. The number of ether oxygens (including phenoxy) is 1. The van der Waals surface area contributed by atoms with Crippen LogP contribution in [0.5, 0.6) is 0 Å². The maximum Gasteiger partial charge on any atom is 0.313 e. The standard InChI is InChI=1S/C13H14O3S/c1-8-4-5-10-9(6-8)13(17-3)11(16-10)7-12(14)15-2/h4-6H,7H2,1-3H3. The second kappa shape index (κ2) is 4.84. The van der Waals surface area contributed by atoms with Crippen molar-refractivity contribution >= 4 is 28.7 Å². The van der Waals surface area contributed by atoms with Crippen molar-refractivity contribution in [2.24, 2.45) is 0 Å². The summed E-state index contributed by atoms with van der Waals surface area (Å²) in [5, 5.41) is 1.07. The molecule has 0 aliphatic heterocycles. The molecule has 90 valence electrons. The van der Waals surface area contributed by atoms with E-state index >= 15 is 0 Å². The Hall–Kier alpha value is -1.42. The molecule has 0 aliphatic rings. The number of hydrogen-bond donors (Lipinski definition) is 0. The van der Waals surface area contributed by atoms with E-state index in [4.69, 9.17) is 4.42 Å². The average Bonchev–Trinajstić information content (AvgIpc) is 2.65. The molecule has 0 atom stereocenters. The van der Waals surface area contributed by atoms with Gasteiger partial charge in [0.2, 0.25) is 0 Å². The van der Waals surface area contributed by atoms with E-state index in [1.807, 2.05) is 25.3 Å². The molecule has 17 heavy (non-hydrogen) atoms. The molecule has 0 unspecified atom stereocenters. The number of benzene rings is 1. The molecule has 0 fully saturated rings. The van der Waals surface area contributed by atoms with Crippen LogP contribution in [-0.2, 0) is 16.0 Å². The van der Waals surface area contributed by atoms with Gasteiger partial charge in [-0.25, -0.2) is 0 Å². The van der Waals surface area contributed by atoms with Gasteiger partial charge < -0.3 is 9.15 Å². The third kappa shape index (κ3) is 2.31. The number of methoxy groups -OCH3 is 1. The van der Waals surface area contributed by atoms with Crippen molar-refractivity contribution in [1.29, 1.82) is 0 Å². The molecule has 0 saturated carbocycles. The highest BCUT2D eigenvalue weighted by atomic mass is 32.2. The molecule has 1 heterocycles. The van der Waals surface area contributed by atoms with E-state index in [1.165, 1.54) is 12.7 Å². The van der Waals surface area contributed by atoms with Crippen molar-refractivity contribution in [3.05, 3.63) is 29.5 Å². The fourth-order valence-corrected chi connectivity index (χ4v) is 2.50. The number of furan rings is 1. The van der Waals surface area contributed by atoms with E-state index in [0.717, 1.165) is 15.9 Å². The van der Waals surface area contributed by atoms with E-state index in [0.29, 0.717) is 5.76 Å². The Balaban J connectivity index is 2.52. The number of carbonyl (C=O) groups is 1. The molecule has 0 spiro atoms. The molecule has 0 saturated heterocycles. The van der Waals surface area contributed by atoms with E-state index in [2.05, 4.69) is 10.8 Å². The minimum atomic E-state index is -0.281. The molecule has 2 aromatic rings. The largest absolute Gasteiger partial charge is 0.469 e. The minimum absolute atomic E-state index is 0.181. The van der Waals surface area contributed by atoms with Crippen LogP contribution in [0.15, 0.2) is 27.5 Å². The molecule has 0 amide bonds. The second-order valence-corrected chi connectivity index (χ2v) is 4.63. The van der Waals surface area contributed by atoms with Gasteiger partial charge in [0.05, 0.1) is 12.0 Å². The van der Waals surface area contributed by atoms with E-state index < -0.39 is 0 Å². The molecule has 1 aromatic heterocycles. The predicted octanol–water partition coefficient (Wildman–Crippen LogP) is 3.18. The van der Waals surface area contributed by atoms with Gasteiger partial charge in [0.15, 0.2) is 0 Å². The van der Waals surface area contributed by atoms with Crippen molar-refractivity contribution in [3.8, 4) is 0 Å². The molecular weight excluding hydrogens is 236 g/mol. The van der Waals surface area contributed by atoms with Gasteiger partial charge in [-0.15, -0.1) is 11.8 Å². The maximum atomic E-state index is 11.3. The Morgan fingerprint density at radius 3 is 2.88 bits per heavy atom. The highest BCUT2D eigenvalue weighted by Crippen LogP contribution is 2.33. The normalized spacial score (nSPS) is 10.8. The van der Waals surface area contributed by atoms with Gasteiger partial charge in [0.25, 0.3) is 0 Å². The van der Waals surface area contributed by atoms with E-state index in [1.54, 1.807) is 11.8 Å². The summed E-state index contributed by atoms with van der Waals surface area (Å²) >= 11 is 1.59. The lowest BCUT2D eigenvalue weighted by atomic mass is 10.2. The number of aryl methyl sites for hydroxylation is 1. The molecule has 1 aromatic carbocycles. The van der Waals surface area contributed by atoms with Crippen LogP contribution in [0.25, 0.3) is 11.0 Å². The summed E-state index contributed by atoms with van der Waals surface area (Å²) in [5.74, 6) is 0.404. The van der Waals surface area contributed by atoms with Crippen molar-refractivity contribution in [3.63, 3.8) is 0 Å². The molecule has 0 aliphatic carbocycles. The first-order chi connectivity index (χ1) is 8.15. The zero-order valence-electron chi connectivity index (χ0n) is 10.1. The Bertz CT molecular complexity index is 557. The summed E-state index contributed by atoms with van der Waals surface area (Å²) < 4.78 is 10.4. The number of thioether (sulfide) groups is 1. The third-order valence-electron chi connectivity index (χ3n) is 2.60. The molecule has 0 radical (unpaired) electrons. The van der Waals surface area contributed by atoms with Gasteiger partial charge in [-0.3, -0.25) is 4.79 Å². The molecule has 0 N–H and O–H groups in total. The lowest BCUT2D eigenvalue weighted by Crippen LogP contribution is -2.04. The van der Waals surface area contributed by atoms with Crippen LogP contribution in [0.1, 0.15) is 11.3 Å². The third-order valence-corrected chi connectivity index (χ3v) is 3.46. The first-order valence-electron chi connectivity index (χ1n) is 5.28. The van der Waals surface area contributed by atoms with Crippen molar-refractivity contribution < 1.29 is 13.9 Å². The Morgan fingerprint density at radius 2 is 2.24 bits per heavy atom. The summed E-state index contributed by atoms with van der Waals surface area (Å²) in [7, 11) is 1.38. The molecule has 2 rings (SSSR count). The Morgan fingerprint density at radius 1 is 1.47 bits per heavy atom. The summed E-state index contributed by atoms with van der Waals surface area (Å²) in [6.07, 6.45) is 2.16. The van der Waals surface area contributed by atoms with Crippen molar-refractivity contribution in [1.82, 2.24) is 0 Å². The topological polar surface area (TPSA) is 39.4 Å². The van der Waals surface area contributed by atoms with Crippen LogP contribution >= 0.6 is 11.8 Å². The highest BCUT2D eigenvalue weighted by Gasteiger charge is 2.16. The van der Waals surface area contributed by atoms with Gasteiger partial charge in [-0.05, 0) is 25.3 Å². The van der Waals surface area contributed by atoms with Crippen LogP contribution in [-0.4, -0.2) is 19.3 Å². The van der Waals surface area contributed by atoms with E-state index in [-0.39, 0.29) is 12.4 Å². The number of hydrogen-bond acceptors (Lipinski definition) is 4. The monoisotopic (exact) mass is 250 g/mol. The minimum Gasteiger partial charge on any atom is -0.469 e. The van der Waals surface area contributed by atoms with Crippen LogP contribution in [0.2, 0.25) is 0 Å². The summed E-state index contributed by atoms with van der Waals surface area (Å²) in [4.78, 5) is 12.3. The SMILES string of the molecule is COC(=O)Cc1oc2ccc(C)cc2c1SC. The molecule has 4 heteroatoms. The van der Waals surface area contributed by atoms with Crippen LogP contribution in [0, 0.1) is 6.92 Å². The van der Waals surface area contributed by atoms with Gasteiger partial charge in [-0.1, -0.05) is 11.6 Å². The summed E-state index contributed by atoms with van der Waals surface area (Å²) in [5.41, 5.74) is 2.00. The zero-order chi connectivity index (χ0) is 12.4. The molecule has 3 nitrogen and oxygen atoms in total. The Labute approximate surface area is 104 Å². The number of fused-ring (bicyclic) bond motifs is 1.